The van der Waals surface area contributed by atoms with Gasteiger partial charge < -0.3 is 16.0 Å². The second kappa shape index (κ2) is 9.35. The van der Waals surface area contributed by atoms with Crippen LogP contribution in [0.2, 0.25) is 4.34 Å². The van der Waals surface area contributed by atoms with Crippen LogP contribution in [-0.2, 0) is 4.79 Å². The number of hydrogen-bond acceptors (Lipinski definition) is 4. The molecule has 1 heterocycles. The molecular weight excluding hydrogens is 374 g/mol. The molecule has 1 aromatic heterocycles. The summed E-state index contributed by atoms with van der Waals surface area (Å²) in [5.74, 6) is -0.355. The predicted molar refractivity (Wildman–Crippen MR) is 105 cm³/mol. The van der Waals surface area contributed by atoms with E-state index in [-0.39, 0.29) is 36.6 Å². The highest BCUT2D eigenvalue weighted by molar-refractivity contribution is 7.18. The number of carbonyl (C=O) groups is 3. The average Bonchev–Trinajstić information content (AvgIpc) is 3.00. The number of thiophene rings is 1. The molecule has 0 atom stereocenters. The van der Waals surface area contributed by atoms with Gasteiger partial charge in [-0.2, -0.15) is 0 Å². The van der Waals surface area contributed by atoms with Gasteiger partial charge in [0.15, 0.2) is 5.78 Å². The zero-order valence-electron chi connectivity index (χ0n) is 14.5. The number of ketones is 1. The van der Waals surface area contributed by atoms with E-state index in [1.165, 1.54) is 11.3 Å². The van der Waals surface area contributed by atoms with E-state index < -0.39 is 0 Å². The Kier molecular flexibility index (Phi) is 7.17. The fraction of sp³-hybridized carbons (Fsp3) is 0.278. The molecule has 0 saturated heterocycles. The summed E-state index contributed by atoms with van der Waals surface area (Å²) in [5, 5.41) is 8.14. The smallest absolute Gasteiger partial charge is 0.319 e. The van der Waals surface area contributed by atoms with Crippen molar-refractivity contribution in [3.05, 3.63) is 45.6 Å². The molecular formula is C18H20ClN3O3S. The van der Waals surface area contributed by atoms with Gasteiger partial charge in [0.05, 0.1) is 9.21 Å². The summed E-state index contributed by atoms with van der Waals surface area (Å²) in [4.78, 5) is 36.1. The normalized spacial score (nSPS) is 10.5. The summed E-state index contributed by atoms with van der Waals surface area (Å²) >= 11 is 7.01. The molecule has 3 N–H and O–H groups in total. The van der Waals surface area contributed by atoms with E-state index in [0.29, 0.717) is 20.6 Å². The van der Waals surface area contributed by atoms with Crippen LogP contribution in [0.3, 0.4) is 0 Å². The van der Waals surface area contributed by atoms with Gasteiger partial charge in [0, 0.05) is 30.3 Å². The summed E-state index contributed by atoms with van der Waals surface area (Å²) in [5.41, 5.74) is 1.21. The van der Waals surface area contributed by atoms with Crippen molar-refractivity contribution in [2.75, 3.05) is 10.6 Å². The number of halogens is 1. The molecule has 2 aromatic rings. The number of hydrogen-bond donors (Lipinski definition) is 3. The quantitative estimate of drug-likeness (QED) is 0.604. The van der Waals surface area contributed by atoms with E-state index in [4.69, 9.17) is 11.6 Å². The maximum absolute atomic E-state index is 12.0. The van der Waals surface area contributed by atoms with Crippen molar-refractivity contribution in [1.29, 1.82) is 0 Å². The Morgan fingerprint density at radius 3 is 2.12 bits per heavy atom. The van der Waals surface area contributed by atoms with Crippen LogP contribution in [-0.4, -0.2) is 23.8 Å². The first-order valence-electron chi connectivity index (χ1n) is 8.09. The summed E-state index contributed by atoms with van der Waals surface area (Å²) < 4.78 is 0.550. The van der Waals surface area contributed by atoms with E-state index in [1.54, 1.807) is 36.4 Å². The lowest BCUT2D eigenvalue weighted by Crippen LogP contribution is -2.34. The van der Waals surface area contributed by atoms with Crippen LogP contribution in [0.15, 0.2) is 36.4 Å². The molecule has 3 amide bonds. The Morgan fingerprint density at radius 2 is 1.58 bits per heavy atom. The third-order valence-corrected chi connectivity index (χ3v) is 4.55. The van der Waals surface area contributed by atoms with E-state index in [1.807, 2.05) is 13.8 Å². The van der Waals surface area contributed by atoms with Gasteiger partial charge in [-0.15, -0.1) is 11.3 Å². The number of nitrogens with one attached hydrogen (secondary N) is 3. The van der Waals surface area contributed by atoms with Gasteiger partial charge >= 0.3 is 6.03 Å². The van der Waals surface area contributed by atoms with Crippen molar-refractivity contribution < 1.29 is 14.4 Å². The Labute approximate surface area is 160 Å². The first-order valence-corrected chi connectivity index (χ1v) is 9.29. The summed E-state index contributed by atoms with van der Waals surface area (Å²) in [6.45, 7) is 3.74. The molecule has 0 unspecified atom stereocenters. The van der Waals surface area contributed by atoms with Crippen molar-refractivity contribution in [3.63, 3.8) is 0 Å². The van der Waals surface area contributed by atoms with Gasteiger partial charge in [-0.1, -0.05) is 11.6 Å². The van der Waals surface area contributed by atoms with Crippen LogP contribution < -0.4 is 16.0 Å². The minimum atomic E-state index is -0.288. The first-order chi connectivity index (χ1) is 12.3. The van der Waals surface area contributed by atoms with Crippen molar-refractivity contribution in [2.24, 2.45) is 0 Å². The maximum atomic E-state index is 12.0. The molecule has 2 rings (SSSR count). The van der Waals surface area contributed by atoms with Crippen LogP contribution >= 0.6 is 22.9 Å². The van der Waals surface area contributed by atoms with Crippen molar-refractivity contribution >= 4 is 52.0 Å². The zero-order chi connectivity index (χ0) is 19.1. The third kappa shape index (κ3) is 6.50. The number of amides is 3. The Hall–Kier alpha value is -2.38. The highest BCUT2D eigenvalue weighted by Gasteiger charge is 2.12. The number of carbonyl (C=O) groups excluding carboxylic acids is 3. The van der Waals surface area contributed by atoms with Crippen molar-refractivity contribution in [2.45, 2.75) is 32.7 Å². The number of rotatable bonds is 7. The van der Waals surface area contributed by atoms with Crippen LogP contribution in [0, 0.1) is 0 Å². The zero-order valence-corrected chi connectivity index (χ0v) is 16.0. The highest BCUT2D eigenvalue weighted by Crippen LogP contribution is 2.23. The fourth-order valence-electron chi connectivity index (χ4n) is 2.10. The van der Waals surface area contributed by atoms with Gasteiger partial charge in [0.25, 0.3) is 0 Å². The van der Waals surface area contributed by atoms with Crippen molar-refractivity contribution in [1.82, 2.24) is 5.32 Å². The standard InChI is InChI=1S/C18H20ClN3O3S/c1-11(2)20-18(25)22-13-5-3-12(4-6-13)21-17(24)10-7-14(23)15-8-9-16(19)26-15/h3-6,8-9,11H,7,10H2,1-2H3,(H,21,24)(H2,20,22,25). The Morgan fingerprint density at radius 1 is 0.962 bits per heavy atom. The lowest BCUT2D eigenvalue weighted by atomic mass is 10.2. The SMILES string of the molecule is CC(C)NC(=O)Nc1ccc(NC(=O)CCC(=O)c2ccc(Cl)s2)cc1. The van der Waals surface area contributed by atoms with Gasteiger partial charge in [-0.05, 0) is 50.2 Å². The van der Waals surface area contributed by atoms with E-state index >= 15 is 0 Å². The minimum Gasteiger partial charge on any atom is -0.336 e. The molecule has 0 aliphatic rings. The number of urea groups is 1. The summed E-state index contributed by atoms with van der Waals surface area (Å²) in [6.07, 6.45) is 0.211. The molecule has 0 radical (unpaired) electrons. The lowest BCUT2D eigenvalue weighted by Gasteiger charge is -2.11. The van der Waals surface area contributed by atoms with Crippen LogP contribution in [0.1, 0.15) is 36.4 Å². The van der Waals surface area contributed by atoms with Crippen LogP contribution in [0.25, 0.3) is 0 Å². The van der Waals surface area contributed by atoms with Crippen LogP contribution in [0.5, 0.6) is 0 Å². The molecule has 0 spiro atoms. The molecule has 0 saturated carbocycles. The summed E-state index contributed by atoms with van der Waals surface area (Å²) in [7, 11) is 0. The van der Waals surface area contributed by atoms with Crippen molar-refractivity contribution in [3.8, 4) is 0 Å². The fourth-order valence-corrected chi connectivity index (χ4v) is 3.11. The number of Topliss-reactive ketones (excluding diaryl/α,β-unsaturated/α-hetero) is 1. The molecule has 6 nitrogen and oxygen atoms in total. The largest absolute Gasteiger partial charge is 0.336 e. The molecule has 138 valence electrons. The summed E-state index contributed by atoms with van der Waals surface area (Å²) in [6, 6.07) is 9.83. The van der Waals surface area contributed by atoms with Crippen LogP contribution in [0.4, 0.5) is 16.2 Å². The average molecular weight is 394 g/mol. The lowest BCUT2D eigenvalue weighted by molar-refractivity contribution is -0.116. The van der Waals surface area contributed by atoms with E-state index in [2.05, 4.69) is 16.0 Å². The second-order valence-electron chi connectivity index (χ2n) is 5.91. The van der Waals surface area contributed by atoms with E-state index in [0.717, 1.165) is 0 Å². The second-order valence-corrected chi connectivity index (χ2v) is 7.62. The van der Waals surface area contributed by atoms with Gasteiger partial charge in [-0.25, -0.2) is 4.79 Å². The Bertz CT molecular complexity index is 787. The highest BCUT2D eigenvalue weighted by atomic mass is 35.5. The molecule has 0 aliphatic heterocycles. The predicted octanol–water partition coefficient (Wildman–Crippen LogP) is 4.53. The third-order valence-electron chi connectivity index (χ3n) is 3.27. The minimum absolute atomic E-state index is 0.0430. The molecule has 0 bridgehead atoms. The van der Waals surface area contributed by atoms with Gasteiger partial charge in [0.2, 0.25) is 5.91 Å². The van der Waals surface area contributed by atoms with Gasteiger partial charge in [0.1, 0.15) is 0 Å². The molecule has 0 aliphatic carbocycles. The molecule has 26 heavy (non-hydrogen) atoms. The topological polar surface area (TPSA) is 87.3 Å². The molecule has 0 fully saturated rings. The maximum Gasteiger partial charge on any atom is 0.319 e. The number of benzene rings is 1. The molecule has 1 aromatic carbocycles. The van der Waals surface area contributed by atoms with E-state index in [9.17, 15) is 14.4 Å². The number of anilines is 2. The Balaban J connectivity index is 1.80. The first kappa shape index (κ1) is 19.9. The van der Waals surface area contributed by atoms with Gasteiger partial charge in [-0.3, -0.25) is 9.59 Å². The molecule has 8 heteroatoms. The monoisotopic (exact) mass is 393 g/mol.